The second-order valence-electron chi connectivity index (χ2n) is 6.64. The number of hydrogen-bond donors (Lipinski definition) is 0. The molecule has 2 saturated heterocycles. The van der Waals surface area contributed by atoms with Crippen molar-refractivity contribution in [2.24, 2.45) is 0 Å². The number of nitrogens with zero attached hydrogens (tertiary/aromatic N) is 2. The quantitative estimate of drug-likeness (QED) is 0.840. The minimum Gasteiger partial charge on any atom is -0.497 e. The van der Waals surface area contributed by atoms with Crippen molar-refractivity contribution in [3.63, 3.8) is 0 Å². The molecule has 118 valence electrons. The first-order valence-electron chi connectivity index (χ1n) is 8.47. The fourth-order valence-corrected chi connectivity index (χ4v) is 4.76. The highest BCUT2D eigenvalue weighted by Crippen LogP contribution is 2.44. The second kappa shape index (κ2) is 5.27. The minimum absolute atomic E-state index is 0.125. The van der Waals surface area contributed by atoms with Gasteiger partial charge < -0.3 is 9.64 Å². The molecule has 0 aliphatic carbocycles. The van der Waals surface area contributed by atoms with Gasteiger partial charge in [-0.2, -0.15) is 0 Å². The fraction of sp³-hybridized carbons (Fsp3) is 0.611. The lowest BCUT2D eigenvalue weighted by atomic mass is 9.78. The number of fused-ring (bicyclic) bond motifs is 6. The second-order valence-corrected chi connectivity index (χ2v) is 6.64. The SMILES string of the molecule is CCN1C2CCCC1C1c3ccc(OC)cc3CCN1C2=O. The Kier molecular flexibility index (Phi) is 3.37. The molecular weight excluding hydrogens is 276 g/mol. The van der Waals surface area contributed by atoms with Gasteiger partial charge in [0.1, 0.15) is 5.75 Å². The van der Waals surface area contributed by atoms with E-state index in [1.54, 1.807) is 7.11 Å². The first-order chi connectivity index (χ1) is 10.7. The third-order valence-electron chi connectivity index (χ3n) is 5.73. The number of carbonyl (C=O) groups excluding carboxylic acids is 1. The fourth-order valence-electron chi connectivity index (χ4n) is 4.76. The lowest BCUT2D eigenvalue weighted by Gasteiger charge is -2.55. The van der Waals surface area contributed by atoms with Crippen LogP contribution in [0.15, 0.2) is 18.2 Å². The van der Waals surface area contributed by atoms with Gasteiger partial charge in [0, 0.05) is 12.6 Å². The maximum absolute atomic E-state index is 12.9. The number of ether oxygens (including phenoxy) is 1. The van der Waals surface area contributed by atoms with Gasteiger partial charge in [-0.25, -0.2) is 0 Å². The summed E-state index contributed by atoms with van der Waals surface area (Å²) in [7, 11) is 1.71. The van der Waals surface area contributed by atoms with Crippen LogP contribution >= 0.6 is 0 Å². The molecule has 0 N–H and O–H groups in total. The molecule has 1 aromatic rings. The summed E-state index contributed by atoms with van der Waals surface area (Å²) in [5, 5.41) is 0. The van der Waals surface area contributed by atoms with Gasteiger partial charge in [-0.1, -0.05) is 13.0 Å². The highest BCUT2D eigenvalue weighted by molar-refractivity contribution is 5.84. The average molecular weight is 300 g/mol. The van der Waals surface area contributed by atoms with E-state index in [4.69, 9.17) is 4.74 Å². The topological polar surface area (TPSA) is 32.8 Å². The van der Waals surface area contributed by atoms with Crippen molar-refractivity contribution < 1.29 is 9.53 Å². The Labute approximate surface area is 132 Å². The van der Waals surface area contributed by atoms with E-state index in [1.165, 1.54) is 24.0 Å². The van der Waals surface area contributed by atoms with Crippen molar-refractivity contribution in [3.8, 4) is 5.75 Å². The molecule has 0 spiro atoms. The van der Waals surface area contributed by atoms with Crippen LogP contribution in [0.25, 0.3) is 0 Å². The van der Waals surface area contributed by atoms with Crippen LogP contribution in [0.4, 0.5) is 0 Å². The molecule has 0 radical (unpaired) electrons. The first-order valence-corrected chi connectivity index (χ1v) is 8.47. The number of benzene rings is 1. The number of hydrogen-bond acceptors (Lipinski definition) is 3. The van der Waals surface area contributed by atoms with Gasteiger partial charge in [0.25, 0.3) is 0 Å². The highest BCUT2D eigenvalue weighted by Gasteiger charge is 2.49. The Hall–Kier alpha value is -1.55. The summed E-state index contributed by atoms with van der Waals surface area (Å²) >= 11 is 0. The van der Waals surface area contributed by atoms with E-state index >= 15 is 0 Å². The molecule has 0 saturated carbocycles. The summed E-state index contributed by atoms with van der Waals surface area (Å²) in [5.41, 5.74) is 2.69. The van der Waals surface area contributed by atoms with Crippen LogP contribution in [-0.2, 0) is 11.2 Å². The van der Waals surface area contributed by atoms with Crippen LogP contribution in [0, 0.1) is 0 Å². The Morgan fingerprint density at radius 1 is 1.32 bits per heavy atom. The van der Waals surface area contributed by atoms with Crippen molar-refractivity contribution in [3.05, 3.63) is 29.3 Å². The van der Waals surface area contributed by atoms with Gasteiger partial charge >= 0.3 is 0 Å². The molecule has 3 aliphatic heterocycles. The van der Waals surface area contributed by atoms with Gasteiger partial charge in [0.05, 0.1) is 19.2 Å². The molecule has 2 fully saturated rings. The van der Waals surface area contributed by atoms with Crippen LogP contribution in [-0.4, -0.2) is 48.0 Å². The largest absolute Gasteiger partial charge is 0.497 e. The monoisotopic (exact) mass is 300 g/mol. The molecule has 0 aromatic heterocycles. The van der Waals surface area contributed by atoms with E-state index in [0.717, 1.165) is 31.7 Å². The van der Waals surface area contributed by atoms with Crippen LogP contribution < -0.4 is 4.74 Å². The smallest absolute Gasteiger partial charge is 0.240 e. The van der Waals surface area contributed by atoms with Gasteiger partial charge in [0.15, 0.2) is 0 Å². The Balaban J connectivity index is 1.78. The Bertz CT molecular complexity index is 601. The third-order valence-corrected chi connectivity index (χ3v) is 5.73. The van der Waals surface area contributed by atoms with Gasteiger partial charge in [-0.15, -0.1) is 0 Å². The zero-order valence-electron chi connectivity index (χ0n) is 13.4. The molecule has 4 rings (SSSR count). The van der Waals surface area contributed by atoms with Crippen LogP contribution in [0.2, 0.25) is 0 Å². The highest BCUT2D eigenvalue weighted by atomic mass is 16.5. The lowest BCUT2D eigenvalue weighted by molar-refractivity contribution is -0.156. The Morgan fingerprint density at radius 3 is 2.95 bits per heavy atom. The van der Waals surface area contributed by atoms with Gasteiger partial charge in [0.2, 0.25) is 5.91 Å². The molecule has 3 atom stereocenters. The molecular formula is C18H24N2O2. The molecule has 2 bridgehead atoms. The normalized spacial score (nSPS) is 30.7. The maximum Gasteiger partial charge on any atom is 0.240 e. The number of piperidine rings is 1. The number of methoxy groups -OCH3 is 1. The van der Waals surface area contributed by atoms with Crippen molar-refractivity contribution >= 4 is 5.91 Å². The summed E-state index contributed by atoms with van der Waals surface area (Å²) in [4.78, 5) is 17.5. The maximum atomic E-state index is 12.9. The standard InChI is InChI=1S/C18H24N2O2/c1-3-19-15-5-4-6-16(19)18(21)20-10-9-12-11-13(22-2)7-8-14(12)17(15)20/h7-8,11,15-17H,3-6,9-10H2,1-2H3. The zero-order valence-corrected chi connectivity index (χ0v) is 13.4. The molecule has 3 unspecified atom stereocenters. The van der Waals surface area contributed by atoms with Crippen molar-refractivity contribution in [2.75, 3.05) is 20.2 Å². The summed E-state index contributed by atoms with van der Waals surface area (Å²) < 4.78 is 5.37. The van der Waals surface area contributed by atoms with E-state index in [2.05, 4.69) is 28.9 Å². The molecule has 4 heteroatoms. The van der Waals surface area contributed by atoms with E-state index < -0.39 is 0 Å². The van der Waals surface area contributed by atoms with Crippen molar-refractivity contribution in [1.82, 2.24) is 9.80 Å². The van der Waals surface area contributed by atoms with Gasteiger partial charge in [-0.05, 0) is 55.5 Å². The van der Waals surface area contributed by atoms with Crippen LogP contribution in [0.3, 0.4) is 0 Å². The summed E-state index contributed by atoms with van der Waals surface area (Å²) in [6, 6.07) is 7.22. The molecule has 3 aliphatic rings. The number of rotatable bonds is 2. The summed E-state index contributed by atoms with van der Waals surface area (Å²) in [6.45, 7) is 4.01. The number of likely N-dealkylation sites (N-methyl/N-ethyl adjacent to an activating group) is 1. The van der Waals surface area contributed by atoms with Gasteiger partial charge in [-0.3, -0.25) is 9.69 Å². The molecule has 4 nitrogen and oxygen atoms in total. The van der Waals surface area contributed by atoms with Crippen molar-refractivity contribution in [2.45, 2.75) is 50.7 Å². The predicted molar refractivity (Wildman–Crippen MR) is 85.0 cm³/mol. The van der Waals surface area contributed by atoms with E-state index in [0.29, 0.717) is 11.9 Å². The zero-order chi connectivity index (χ0) is 15.3. The number of amides is 1. The van der Waals surface area contributed by atoms with Crippen molar-refractivity contribution in [1.29, 1.82) is 0 Å². The molecule has 22 heavy (non-hydrogen) atoms. The summed E-state index contributed by atoms with van der Waals surface area (Å²) in [5.74, 6) is 1.27. The number of piperazine rings is 1. The first kappa shape index (κ1) is 14.1. The Morgan fingerprint density at radius 2 is 2.18 bits per heavy atom. The molecule has 3 heterocycles. The number of carbonyl (C=O) groups is 1. The van der Waals surface area contributed by atoms with E-state index in [-0.39, 0.29) is 12.1 Å². The molecule has 1 amide bonds. The third kappa shape index (κ3) is 1.89. The predicted octanol–water partition coefficient (Wildman–Crippen LogP) is 2.38. The lowest BCUT2D eigenvalue weighted by Crippen LogP contribution is -2.65. The van der Waals surface area contributed by atoms with Crippen LogP contribution in [0.5, 0.6) is 5.75 Å². The van der Waals surface area contributed by atoms with E-state index in [1.807, 2.05) is 6.07 Å². The van der Waals surface area contributed by atoms with E-state index in [9.17, 15) is 4.79 Å². The molecule has 1 aromatic carbocycles. The minimum atomic E-state index is 0.125. The van der Waals surface area contributed by atoms with Crippen LogP contribution in [0.1, 0.15) is 43.4 Å². The average Bonchev–Trinajstić information content (AvgIpc) is 2.57. The summed E-state index contributed by atoms with van der Waals surface area (Å²) in [6.07, 6.45) is 4.35.